The van der Waals surface area contributed by atoms with E-state index in [0.717, 1.165) is 18.3 Å². The van der Waals surface area contributed by atoms with Crippen molar-refractivity contribution in [3.63, 3.8) is 0 Å². The minimum Gasteiger partial charge on any atom is -0.402 e. The lowest BCUT2D eigenvalue weighted by molar-refractivity contribution is 0.174. The van der Waals surface area contributed by atoms with Gasteiger partial charge in [0.05, 0.1) is 0 Å². The highest BCUT2D eigenvalue weighted by Crippen LogP contribution is 2.61. The van der Waals surface area contributed by atoms with E-state index in [1.54, 1.807) is 11.1 Å². The second kappa shape index (κ2) is 5.28. The molecule has 1 saturated carbocycles. The summed E-state index contributed by atoms with van der Waals surface area (Å²) >= 11 is 0. The van der Waals surface area contributed by atoms with Gasteiger partial charge in [-0.1, -0.05) is 44.4 Å². The quantitative estimate of drug-likeness (QED) is 0.636. The van der Waals surface area contributed by atoms with Gasteiger partial charge in [0, 0.05) is 5.70 Å². The number of allylic oxidation sites excluding steroid dienone is 6. The van der Waals surface area contributed by atoms with Gasteiger partial charge in [-0.3, -0.25) is 0 Å². The Kier molecular flexibility index (Phi) is 3.51. The van der Waals surface area contributed by atoms with Gasteiger partial charge in [0.25, 0.3) is 0 Å². The molecule has 1 heteroatoms. The van der Waals surface area contributed by atoms with Crippen LogP contribution in [0.5, 0.6) is 0 Å². The molecule has 3 atom stereocenters. The first-order chi connectivity index (χ1) is 10.6. The van der Waals surface area contributed by atoms with Crippen LogP contribution in [0.15, 0.2) is 34.6 Å². The molecule has 4 rings (SSSR count). The molecule has 0 aliphatic heterocycles. The Balaban J connectivity index is 1.79. The van der Waals surface area contributed by atoms with Crippen molar-refractivity contribution in [1.29, 1.82) is 0 Å². The van der Waals surface area contributed by atoms with Crippen LogP contribution in [-0.2, 0) is 0 Å². The predicted molar refractivity (Wildman–Crippen MR) is 93.2 cm³/mol. The molecule has 0 aromatic rings. The molecule has 0 aromatic carbocycles. The zero-order valence-electron chi connectivity index (χ0n) is 14.3. The second-order valence-electron chi connectivity index (χ2n) is 8.54. The Labute approximate surface area is 135 Å². The summed E-state index contributed by atoms with van der Waals surface area (Å²) < 4.78 is 0. The van der Waals surface area contributed by atoms with E-state index in [9.17, 15) is 0 Å². The van der Waals surface area contributed by atoms with E-state index in [-0.39, 0.29) is 0 Å². The molecule has 0 spiro atoms. The van der Waals surface area contributed by atoms with Gasteiger partial charge >= 0.3 is 0 Å². The SMILES string of the molecule is CC1(C)C2=C(CCC(N)=C2C2CC=CCC2)C2CCCCC21. The van der Waals surface area contributed by atoms with Crippen LogP contribution in [0.4, 0.5) is 0 Å². The van der Waals surface area contributed by atoms with Crippen molar-refractivity contribution < 1.29 is 0 Å². The highest BCUT2D eigenvalue weighted by molar-refractivity contribution is 5.51. The summed E-state index contributed by atoms with van der Waals surface area (Å²) in [5, 5.41) is 0. The largest absolute Gasteiger partial charge is 0.402 e. The minimum atomic E-state index is 0.349. The Bertz CT molecular complexity index is 560. The van der Waals surface area contributed by atoms with Gasteiger partial charge in [0.2, 0.25) is 0 Å². The van der Waals surface area contributed by atoms with Crippen LogP contribution in [-0.4, -0.2) is 0 Å². The summed E-state index contributed by atoms with van der Waals surface area (Å²) in [4.78, 5) is 0. The van der Waals surface area contributed by atoms with E-state index in [1.165, 1.54) is 57.1 Å². The summed E-state index contributed by atoms with van der Waals surface area (Å²) in [6, 6.07) is 0. The Morgan fingerprint density at radius 1 is 1.05 bits per heavy atom. The summed E-state index contributed by atoms with van der Waals surface area (Å²) in [6.45, 7) is 5.05. The molecule has 4 aliphatic carbocycles. The van der Waals surface area contributed by atoms with Gasteiger partial charge in [-0.15, -0.1) is 0 Å². The number of fused-ring (bicyclic) bond motifs is 2. The molecule has 4 aliphatic rings. The topological polar surface area (TPSA) is 26.0 Å². The smallest absolute Gasteiger partial charge is 0.0122 e. The van der Waals surface area contributed by atoms with Crippen LogP contribution < -0.4 is 5.73 Å². The molecule has 0 saturated heterocycles. The average molecular weight is 297 g/mol. The van der Waals surface area contributed by atoms with Crippen molar-refractivity contribution in [2.75, 3.05) is 0 Å². The van der Waals surface area contributed by atoms with Gasteiger partial charge < -0.3 is 5.73 Å². The normalized spacial score (nSPS) is 37.3. The molecule has 0 radical (unpaired) electrons. The maximum Gasteiger partial charge on any atom is 0.0122 e. The Hall–Kier alpha value is -0.980. The van der Waals surface area contributed by atoms with E-state index in [0.29, 0.717) is 11.3 Å². The first kappa shape index (κ1) is 14.6. The van der Waals surface area contributed by atoms with Gasteiger partial charge in [0.1, 0.15) is 0 Å². The van der Waals surface area contributed by atoms with Crippen molar-refractivity contribution in [3.05, 3.63) is 34.6 Å². The third-order valence-electron chi connectivity index (χ3n) is 7.06. The van der Waals surface area contributed by atoms with Crippen molar-refractivity contribution in [2.24, 2.45) is 28.9 Å². The predicted octanol–water partition coefficient (Wildman–Crippen LogP) is 5.49. The molecule has 22 heavy (non-hydrogen) atoms. The van der Waals surface area contributed by atoms with Gasteiger partial charge in [-0.2, -0.15) is 0 Å². The summed E-state index contributed by atoms with van der Waals surface area (Å²) in [5.74, 6) is 2.45. The fourth-order valence-corrected chi connectivity index (χ4v) is 6.11. The van der Waals surface area contributed by atoms with Crippen molar-refractivity contribution in [1.82, 2.24) is 0 Å². The van der Waals surface area contributed by atoms with Crippen molar-refractivity contribution >= 4 is 0 Å². The number of hydrogen-bond donors (Lipinski definition) is 1. The monoisotopic (exact) mass is 297 g/mol. The zero-order valence-corrected chi connectivity index (χ0v) is 14.3. The van der Waals surface area contributed by atoms with Crippen LogP contribution in [0.1, 0.15) is 71.6 Å². The molecule has 0 amide bonds. The molecule has 1 nitrogen and oxygen atoms in total. The molecular formula is C21H31N. The average Bonchev–Trinajstić information content (AvgIpc) is 2.77. The van der Waals surface area contributed by atoms with Crippen molar-refractivity contribution in [2.45, 2.75) is 71.6 Å². The van der Waals surface area contributed by atoms with Crippen LogP contribution in [0.25, 0.3) is 0 Å². The van der Waals surface area contributed by atoms with E-state index >= 15 is 0 Å². The van der Waals surface area contributed by atoms with Gasteiger partial charge in [-0.25, -0.2) is 0 Å². The fourth-order valence-electron chi connectivity index (χ4n) is 6.11. The molecule has 120 valence electrons. The standard InChI is InChI=1S/C21H31N/c1-21(2)17-11-7-6-10-15(17)16-12-13-18(22)19(20(16)21)14-8-4-3-5-9-14/h3-4,14-15,17H,5-13,22H2,1-2H3. The lowest BCUT2D eigenvalue weighted by Crippen LogP contribution is -2.30. The van der Waals surface area contributed by atoms with E-state index in [2.05, 4.69) is 26.0 Å². The van der Waals surface area contributed by atoms with Gasteiger partial charge in [-0.05, 0) is 79.3 Å². The highest BCUT2D eigenvalue weighted by atomic mass is 14.6. The number of hydrogen-bond acceptors (Lipinski definition) is 1. The Morgan fingerprint density at radius 3 is 2.64 bits per heavy atom. The number of nitrogens with two attached hydrogens (primary N) is 1. The molecule has 2 N–H and O–H groups in total. The van der Waals surface area contributed by atoms with Crippen LogP contribution in [0, 0.1) is 23.2 Å². The van der Waals surface area contributed by atoms with Crippen molar-refractivity contribution in [3.8, 4) is 0 Å². The van der Waals surface area contributed by atoms with Gasteiger partial charge in [0.15, 0.2) is 0 Å². The fraction of sp³-hybridized carbons (Fsp3) is 0.714. The molecule has 1 fully saturated rings. The van der Waals surface area contributed by atoms with E-state index in [4.69, 9.17) is 5.73 Å². The van der Waals surface area contributed by atoms with Crippen LogP contribution >= 0.6 is 0 Å². The summed E-state index contributed by atoms with van der Waals surface area (Å²) in [7, 11) is 0. The third kappa shape index (κ3) is 2.04. The highest BCUT2D eigenvalue weighted by Gasteiger charge is 2.50. The lowest BCUT2D eigenvalue weighted by atomic mass is 9.66. The number of rotatable bonds is 1. The minimum absolute atomic E-state index is 0.349. The molecule has 0 bridgehead atoms. The maximum atomic E-state index is 6.60. The Morgan fingerprint density at radius 2 is 1.86 bits per heavy atom. The molecule has 0 heterocycles. The molecular weight excluding hydrogens is 266 g/mol. The second-order valence-corrected chi connectivity index (χ2v) is 8.54. The van der Waals surface area contributed by atoms with E-state index < -0.39 is 0 Å². The zero-order chi connectivity index (χ0) is 15.3. The lowest BCUT2D eigenvalue weighted by Gasteiger charge is -2.38. The third-order valence-corrected chi connectivity index (χ3v) is 7.06. The summed E-state index contributed by atoms with van der Waals surface area (Å²) in [6.07, 6.45) is 16.6. The van der Waals surface area contributed by atoms with E-state index in [1.807, 2.05) is 5.57 Å². The molecule has 0 aromatic heterocycles. The molecule has 3 unspecified atom stereocenters. The first-order valence-electron chi connectivity index (χ1n) is 9.48. The summed E-state index contributed by atoms with van der Waals surface area (Å²) in [5.41, 5.74) is 13.3. The van der Waals surface area contributed by atoms with Crippen LogP contribution in [0.3, 0.4) is 0 Å². The maximum absolute atomic E-state index is 6.60. The first-order valence-corrected chi connectivity index (χ1v) is 9.48. The van der Waals surface area contributed by atoms with Crippen LogP contribution in [0.2, 0.25) is 0 Å².